The van der Waals surface area contributed by atoms with Crippen LogP contribution in [-0.4, -0.2) is 29.0 Å². The molecule has 106 valence electrons. The molecule has 2 atom stereocenters. The Kier molecular flexibility index (Phi) is 3.59. The van der Waals surface area contributed by atoms with Crippen LogP contribution in [0.1, 0.15) is 18.9 Å². The summed E-state index contributed by atoms with van der Waals surface area (Å²) in [4.78, 5) is 17.1. The molecule has 20 heavy (non-hydrogen) atoms. The van der Waals surface area contributed by atoms with Gasteiger partial charge in [0, 0.05) is 36.1 Å². The molecule has 3 rings (SSSR count). The van der Waals surface area contributed by atoms with Gasteiger partial charge in [-0.3, -0.25) is 9.69 Å². The van der Waals surface area contributed by atoms with Crippen LogP contribution in [0.2, 0.25) is 0 Å². The average Bonchev–Trinajstić information content (AvgIpc) is 2.79. The number of H-pyrrole nitrogens is 1. The second-order valence-electron chi connectivity index (χ2n) is 5.82. The molecule has 1 fully saturated rings. The second-order valence-corrected chi connectivity index (χ2v) is 5.82. The molecule has 0 aliphatic carbocycles. The highest BCUT2D eigenvalue weighted by atomic mass is 16.1. The Morgan fingerprint density at radius 1 is 1.40 bits per heavy atom. The molecular formula is C16H21N3O. The van der Waals surface area contributed by atoms with Crippen molar-refractivity contribution in [1.82, 2.24) is 9.88 Å². The number of fused-ring (bicyclic) bond motifs is 1. The van der Waals surface area contributed by atoms with Crippen molar-refractivity contribution in [3.63, 3.8) is 0 Å². The quantitative estimate of drug-likeness (QED) is 0.893. The maximum Gasteiger partial charge on any atom is 0.248 e. The van der Waals surface area contributed by atoms with E-state index in [1.54, 1.807) is 6.07 Å². The molecule has 2 heterocycles. The van der Waals surface area contributed by atoms with Crippen LogP contribution in [0, 0.1) is 5.92 Å². The highest BCUT2D eigenvalue weighted by molar-refractivity contribution is 5.81. The number of pyridine rings is 1. The predicted octanol–water partition coefficient (Wildman–Crippen LogP) is 1.70. The molecule has 2 aromatic rings. The van der Waals surface area contributed by atoms with Gasteiger partial charge in [0.15, 0.2) is 0 Å². The van der Waals surface area contributed by atoms with Gasteiger partial charge in [0.25, 0.3) is 0 Å². The molecule has 0 spiro atoms. The smallest absolute Gasteiger partial charge is 0.248 e. The number of benzene rings is 1. The molecule has 0 radical (unpaired) electrons. The molecule has 0 bridgehead atoms. The van der Waals surface area contributed by atoms with Crippen molar-refractivity contribution in [3.05, 3.63) is 46.2 Å². The number of nitrogens with one attached hydrogen (secondary N) is 1. The molecule has 1 aliphatic rings. The Labute approximate surface area is 118 Å². The number of aromatic nitrogens is 1. The molecule has 0 amide bonds. The van der Waals surface area contributed by atoms with E-state index in [1.165, 1.54) is 0 Å². The lowest BCUT2D eigenvalue weighted by Gasteiger charge is -2.21. The summed E-state index contributed by atoms with van der Waals surface area (Å²) in [6.45, 7) is 4.84. The monoisotopic (exact) mass is 271 g/mol. The third-order valence-electron chi connectivity index (χ3n) is 4.33. The van der Waals surface area contributed by atoms with Crippen molar-refractivity contribution in [2.45, 2.75) is 25.9 Å². The van der Waals surface area contributed by atoms with Crippen molar-refractivity contribution < 1.29 is 0 Å². The van der Waals surface area contributed by atoms with Gasteiger partial charge in [-0.15, -0.1) is 0 Å². The minimum absolute atomic E-state index is 0.0269. The van der Waals surface area contributed by atoms with Gasteiger partial charge in [0.2, 0.25) is 5.56 Å². The first-order valence-electron chi connectivity index (χ1n) is 7.22. The maximum atomic E-state index is 11.8. The Balaban J connectivity index is 1.93. The van der Waals surface area contributed by atoms with Gasteiger partial charge in [0.1, 0.15) is 0 Å². The van der Waals surface area contributed by atoms with Crippen LogP contribution >= 0.6 is 0 Å². The van der Waals surface area contributed by atoms with E-state index in [4.69, 9.17) is 5.73 Å². The van der Waals surface area contributed by atoms with E-state index in [0.29, 0.717) is 12.0 Å². The Morgan fingerprint density at radius 2 is 2.20 bits per heavy atom. The Hall–Kier alpha value is -1.65. The van der Waals surface area contributed by atoms with Gasteiger partial charge in [-0.1, -0.05) is 18.2 Å². The van der Waals surface area contributed by atoms with Crippen LogP contribution in [0.25, 0.3) is 10.9 Å². The summed E-state index contributed by atoms with van der Waals surface area (Å²) in [6, 6.07) is 10.2. The lowest BCUT2D eigenvalue weighted by molar-refractivity contribution is 0.257. The molecule has 2 unspecified atom stereocenters. The van der Waals surface area contributed by atoms with E-state index in [0.717, 1.165) is 42.5 Å². The first kappa shape index (κ1) is 13.3. The highest BCUT2D eigenvalue weighted by Crippen LogP contribution is 2.25. The summed E-state index contributed by atoms with van der Waals surface area (Å²) >= 11 is 0. The summed E-state index contributed by atoms with van der Waals surface area (Å²) in [7, 11) is 0. The minimum atomic E-state index is -0.0269. The first-order chi connectivity index (χ1) is 9.67. The minimum Gasteiger partial charge on any atom is -0.330 e. The number of nitrogens with zero attached hydrogens (tertiary/aromatic N) is 1. The summed E-state index contributed by atoms with van der Waals surface area (Å²) in [5.74, 6) is 0.582. The first-order valence-corrected chi connectivity index (χ1v) is 7.22. The van der Waals surface area contributed by atoms with Crippen molar-refractivity contribution in [2.75, 3.05) is 13.1 Å². The number of rotatable bonds is 3. The summed E-state index contributed by atoms with van der Waals surface area (Å²) < 4.78 is 0. The van der Waals surface area contributed by atoms with Gasteiger partial charge < -0.3 is 10.7 Å². The normalized spacial score (nSPS) is 23.5. The predicted molar refractivity (Wildman–Crippen MR) is 81.6 cm³/mol. The zero-order valence-electron chi connectivity index (χ0n) is 11.8. The van der Waals surface area contributed by atoms with Crippen molar-refractivity contribution >= 4 is 10.9 Å². The van der Waals surface area contributed by atoms with E-state index in [-0.39, 0.29) is 5.56 Å². The summed E-state index contributed by atoms with van der Waals surface area (Å²) in [5.41, 5.74) is 7.78. The average molecular weight is 271 g/mol. The lowest BCUT2D eigenvalue weighted by atomic mass is 10.1. The fourth-order valence-corrected chi connectivity index (χ4v) is 3.24. The maximum absolute atomic E-state index is 11.8. The summed E-state index contributed by atoms with van der Waals surface area (Å²) in [5, 5.41) is 1.13. The van der Waals surface area contributed by atoms with Gasteiger partial charge in [-0.2, -0.15) is 0 Å². The largest absolute Gasteiger partial charge is 0.330 e. The number of hydrogen-bond donors (Lipinski definition) is 2. The molecule has 1 aromatic carbocycles. The van der Waals surface area contributed by atoms with E-state index in [1.807, 2.05) is 18.2 Å². The number of aromatic amines is 1. The molecule has 3 N–H and O–H groups in total. The number of hydrogen-bond acceptors (Lipinski definition) is 3. The number of para-hydroxylation sites is 1. The van der Waals surface area contributed by atoms with E-state index in [9.17, 15) is 4.79 Å². The van der Waals surface area contributed by atoms with Crippen LogP contribution in [0.15, 0.2) is 35.1 Å². The third kappa shape index (κ3) is 2.49. The standard InChI is InChI=1S/C16H21N3O/c1-11-6-12(8-17)9-19(11)10-13-7-16(20)18-15-5-3-2-4-14(13)15/h2-5,7,11-12H,6,8-10,17H2,1H3,(H,18,20). The van der Waals surface area contributed by atoms with E-state index in [2.05, 4.69) is 22.9 Å². The molecule has 1 saturated heterocycles. The van der Waals surface area contributed by atoms with Crippen LogP contribution in [0.5, 0.6) is 0 Å². The zero-order chi connectivity index (χ0) is 14.1. The van der Waals surface area contributed by atoms with E-state index < -0.39 is 0 Å². The summed E-state index contributed by atoms with van der Waals surface area (Å²) in [6.07, 6.45) is 1.15. The van der Waals surface area contributed by atoms with Crippen molar-refractivity contribution in [2.24, 2.45) is 11.7 Å². The molecule has 4 nitrogen and oxygen atoms in total. The fourth-order valence-electron chi connectivity index (χ4n) is 3.24. The van der Waals surface area contributed by atoms with Gasteiger partial charge in [0.05, 0.1) is 0 Å². The van der Waals surface area contributed by atoms with Crippen LogP contribution in [0.4, 0.5) is 0 Å². The lowest BCUT2D eigenvalue weighted by Crippen LogP contribution is -2.28. The second kappa shape index (κ2) is 5.38. The fraction of sp³-hybridized carbons (Fsp3) is 0.438. The van der Waals surface area contributed by atoms with Gasteiger partial charge >= 0.3 is 0 Å². The number of likely N-dealkylation sites (tertiary alicyclic amines) is 1. The molecule has 4 heteroatoms. The molecule has 0 saturated carbocycles. The van der Waals surface area contributed by atoms with E-state index >= 15 is 0 Å². The van der Waals surface area contributed by atoms with Gasteiger partial charge in [-0.05, 0) is 37.4 Å². The highest BCUT2D eigenvalue weighted by Gasteiger charge is 2.28. The van der Waals surface area contributed by atoms with Gasteiger partial charge in [-0.25, -0.2) is 0 Å². The van der Waals surface area contributed by atoms with Crippen molar-refractivity contribution in [3.8, 4) is 0 Å². The molecule has 1 aromatic heterocycles. The van der Waals surface area contributed by atoms with Crippen LogP contribution < -0.4 is 11.3 Å². The van der Waals surface area contributed by atoms with Crippen LogP contribution in [-0.2, 0) is 6.54 Å². The number of nitrogens with two attached hydrogens (primary N) is 1. The SMILES string of the molecule is CC1CC(CN)CN1Cc1cc(=O)[nH]c2ccccc12. The van der Waals surface area contributed by atoms with Crippen molar-refractivity contribution in [1.29, 1.82) is 0 Å². The Morgan fingerprint density at radius 3 is 2.95 bits per heavy atom. The topological polar surface area (TPSA) is 62.1 Å². The third-order valence-corrected chi connectivity index (χ3v) is 4.33. The zero-order valence-corrected chi connectivity index (χ0v) is 11.8. The molecule has 1 aliphatic heterocycles. The molecular weight excluding hydrogens is 250 g/mol. The van der Waals surface area contributed by atoms with Crippen LogP contribution in [0.3, 0.4) is 0 Å². The Bertz CT molecular complexity index is 664.